The predicted octanol–water partition coefficient (Wildman–Crippen LogP) is 4.17. The molecule has 0 aliphatic carbocycles. The molecule has 0 spiro atoms. The van der Waals surface area contributed by atoms with Crippen LogP contribution in [-0.2, 0) is 0 Å². The van der Waals surface area contributed by atoms with Gasteiger partial charge in [-0.2, -0.15) is 0 Å². The second kappa shape index (κ2) is 6.18. The van der Waals surface area contributed by atoms with Crippen LogP contribution in [0, 0.1) is 0 Å². The first-order chi connectivity index (χ1) is 8.83. The summed E-state index contributed by atoms with van der Waals surface area (Å²) in [6, 6.07) is 16.8. The number of benzene rings is 2. The van der Waals surface area contributed by atoms with Crippen molar-refractivity contribution in [1.29, 1.82) is 0 Å². The summed E-state index contributed by atoms with van der Waals surface area (Å²) in [5.41, 5.74) is 2.29. The molecule has 0 aliphatic heterocycles. The standard InChI is InChI=1S/C16H13ClO/c17-12-6-10-13-7-4-5-11-15(13)16(18)14-8-2-1-3-9-14/h1-11H,12H2. The Morgan fingerprint density at radius 3 is 2.39 bits per heavy atom. The maximum absolute atomic E-state index is 12.4. The summed E-state index contributed by atoms with van der Waals surface area (Å²) in [5.74, 6) is 0.471. The molecule has 2 heteroatoms. The topological polar surface area (TPSA) is 17.1 Å². The van der Waals surface area contributed by atoms with Crippen molar-refractivity contribution < 1.29 is 4.79 Å². The normalized spacial score (nSPS) is 10.7. The molecule has 1 nitrogen and oxygen atoms in total. The van der Waals surface area contributed by atoms with Crippen LogP contribution in [0.2, 0.25) is 0 Å². The molecule has 2 rings (SSSR count). The number of halogens is 1. The van der Waals surface area contributed by atoms with Crippen molar-refractivity contribution in [2.45, 2.75) is 0 Å². The highest BCUT2D eigenvalue weighted by Crippen LogP contribution is 2.16. The molecule has 2 aromatic carbocycles. The lowest BCUT2D eigenvalue weighted by molar-refractivity contribution is 0.103. The molecule has 0 heterocycles. The Balaban J connectivity index is 2.39. The zero-order chi connectivity index (χ0) is 12.8. The molecule has 0 amide bonds. The van der Waals surface area contributed by atoms with Gasteiger partial charge in [0, 0.05) is 17.0 Å². The second-order valence-corrected chi connectivity index (χ2v) is 4.15. The van der Waals surface area contributed by atoms with Gasteiger partial charge in [-0.15, -0.1) is 11.6 Å². The van der Waals surface area contributed by atoms with E-state index in [4.69, 9.17) is 11.6 Å². The van der Waals surface area contributed by atoms with Gasteiger partial charge in [0.1, 0.15) is 0 Å². The van der Waals surface area contributed by atoms with Crippen molar-refractivity contribution in [2.75, 3.05) is 5.88 Å². The van der Waals surface area contributed by atoms with Crippen molar-refractivity contribution >= 4 is 23.5 Å². The number of hydrogen-bond acceptors (Lipinski definition) is 1. The summed E-state index contributed by atoms with van der Waals surface area (Å²) in [6.45, 7) is 0. The monoisotopic (exact) mass is 256 g/mol. The average molecular weight is 257 g/mol. The van der Waals surface area contributed by atoms with Crippen LogP contribution in [0.15, 0.2) is 60.7 Å². The number of ketones is 1. The Labute approximate surface area is 112 Å². The van der Waals surface area contributed by atoms with Crippen LogP contribution in [0.5, 0.6) is 0 Å². The highest BCUT2D eigenvalue weighted by atomic mass is 35.5. The first kappa shape index (κ1) is 12.6. The zero-order valence-corrected chi connectivity index (χ0v) is 10.6. The zero-order valence-electron chi connectivity index (χ0n) is 9.84. The van der Waals surface area contributed by atoms with Crippen LogP contribution < -0.4 is 0 Å². The number of hydrogen-bond donors (Lipinski definition) is 0. The molecular formula is C16H13ClO. The molecular weight excluding hydrogens is 244 g/mol. The third-order valence-electron chi connectivity index (χ3n) is 2.63. The van der Waals surface area contributed by atoms with E-state index in [2.05, 4.69) is 0 Å². The van der Waals surface area contributed by atoms with Crippen LogP contribution in [-0.4, -0.2) is 11.7 Å². The fraction of sp³-hybridized carbons (Fsp3) is 0.0625. The number of carbonyl (C=O) groups is 1. The van der Waals surface area contributed by atoms with E-state index in [0.29, 0.717) is 17.0 Å². The van der Waals surface area contributed by atoms with E-state index in [9.17, 15) is 4.79 Å². The largest absolute Gasteiger partial charge is 0.289 e. The lowest BCUT2D eigenvalue weighted by Gasteiger charge is -2.05. The number of carbonyl (C=O) groups excluding carboxylic acids is 1. The van der Waals surface area contributed by atoms with Gasteiger partial charge in [-0.1, -0.05) is 66.7 Å². The molecule has 90 valence electrons. The van der Waals surface area contributed by atoms with Gasteiger partial charge in [-0.3, -0.25) is 4.79 Å². The Kier molecular flexibility index (Phi) is 4.32. The van der Waals surface area contributed by atoms with Gasteiger partial charge in [0.15, 0.2) is 5.78 Å². The number of allylic oxidation sites excluding steroid dienone is 1. The fourth-order valence-corrected chi connectivity index (χ4v) is 1.85. The maximum Gasteiger partial charge on any atom is 0.193 e. The Hall–Kier alpha value is -1.86. The van der Waals surface area contributed by atoms with E-state index in [1.54, 1.807) is 0 Å². The van der Waals surface area contributed by atoms with E-state index in [-0.39, 0.29) is 5.78 Å². The average Bonchev–Trinajstić information content (AvgIpc) is 2.45. The molecule has 0 bridgehead atoms. The summed E-state index contributed by atoms with van der Waals surface area (Å²) >= 11 is 5.63. The second-order valence-electron chi connectivity index (χ2n) is 3.84. The van der Waals surface area contributed by atoms with E-state index < -0.39 is 0 Å². The van der Waals surface area contributed by atoms with Crippen LogP contribution in [0.1, 0.15) is 21.5 Å². The molecule has 0 radical (unpaired) electrons. The summed E-state index contributed by atoms with van der Waals surface area (Å²) in [5, 5.41) is 0. The minimum Gasteiger partial charge on any atom is -0.289 e. The van der Waals surface area contributed by atoms with Crippen molar-refractivity contribution in [2.24, 2.45) is 0 Å². The molecule has 0 atom stereocenters. The molecule has 0 aliphatic rings. The predicted molar refractivity (Wildman–Crippen MR) is 76.1 cm³/mol. The molecule has 0 N–H and O–H groups in total. The van der Waals surface area contributed by atoms with Crippen molar-refractivity contribution in [1.82, 2.24) is 0 Å². The Morgan fingerprint density at radius 1 is 1.00 bits per heavy atom. The molecule has 0 saturated carbocycles. The molecule has 0 aromatic heterocycles. The summed E-state index contributed by atoms with van der Waals surface area (Å²) in [7, 11) is 0. The lowest BCUT2D eigenvalue weighted by Crippen LogP contribution is -2.03. The summed E-state index contributed by atoms with van der Waals surface area (Å²) in [4.78, 5) is 12.4. The summed E-state index contributed by atoms with van der Waals surface area (Å²) < 4.78 is 0. The lowest BCUT2D eigenvalue weighted by atomic mass is 9.98. The highest BCUT2D eigenvalue weighted by Gasteiger charge is 2.10. The molecule has 2 aromatic rings. The molecule has 0 unspecified atom stereocenters. The van der Waals surface area contributed by atoms with Crippen molar-refractivity contribution in [3.8, 4) is 0 Å². The van der Waals surface area contributed by atoms with Gasteiger partial charge in [0.25, 0.3) is 0 Å². The van der Waals surface area contributed by atoms with Crippen molar-refractivity contribution in [3.63, 3.8) is 0 Å². The van der Waals surface area contributed by atoms with Crippen LogP contribution in [0.3, 0.4) is 0 Å². The number of alkyl halides is 1. The van der Waals surface area contributed by atoms with Crippen LogP contribution in [0.25, 0.3) is 6.08 Å². The minimum atomic E-state index is 0.0328. The number of rotatable bonds is 4. The summed E-state index contributed by atoms with van der Waals surface area (Å²) in [6.07, 6.45) is 3.71. The fourth-order valence-electron chi connectivity index (χ4n) is 1.77. The smallest absolute Gasteiger partial charge is 0.193 e. The first-order valence-electron chi connectivity index (χ1n) is 5.74. The molecule has 0 saturated heterocycles. The first-order valence-corrected chi connectivity index (χ1v) is 6.27. The molecule has 0 fully saturated rings. The van der Waals surface area contributed by atoms with Crippen LogP contribution in [0.4, 0.5) is 0 Å². The van der Waals surface area contributed by atoms with Crippen LogP contribution >= 0.6 is 11.6 Å². The molecule has 18 heavy (non-hydrogen) atoms. The highest BCUT2D eigenvalue weighted by molar-refractivity contribution is 6.19. The third kappa shape index (κ3) is 2.88. The van der Waals surface area contributed by atoms with Gasteiger partial charge in [0.2, 0.25) is 0 Å². The van der Waals surface area contributed by atoms with Gasteiger partial charge < -0.3 is 0 Å². The Bertz CT molecular complexity index is 558. The van der Waals surface area contributed by atoms with Gasteiger partial charge in [0.05, 0.1) is 0 Å². The van der Waals surface area contributed by atoms with Gasteiger partial charge in [-0.25, -0.2) is 0 Å². The van der Waals surface area contributed by atoms with E-state index in [1.165, 1.54) is 0 Å². The van der Waals surface area contributed by atoms with E-state index >= 15 is 0 Å². The SMILES string of the molecule is O=C(c1ccccc1)c1ccccc1C=CCCl. The van der Waals surface area contributed by atoms with E-state index in [0.717, 1.165) is 5.56 Å². The Morgan fingerprint density at radius 2 is 1.67 bits per heavy atom. The maximum atomic E-state index is 12.4. The van der Waals surface area contributed by atoms with Crippen molar-refractivity contribution in [3.05, 3.63) is 77.4 Å². The van der Waals surface area contributed by atoms with E-state index in [1.807, 2.05) is 66.7 Å². The quantitative estimate of drug-likeness (QED) is 0.593. The minimum absolute atomic E-state index is 0.0328. The third-order valence-corrected chi connectivity index (χ3v) is 2.81. The van der Waals surface area contributed by atoms with Gasteiger partial charge in [-0.05, 0) is 5.56 Å². The van der Waals surface area contributed by atoms with Gasteiger partial charge >= 0.3 is 0 Å².